The lowest BCUT2D eigenvalue weighted by Gasteiger charge is -2.27. The highest BCUT2D eigenvalue weighted by Gasteiger charge is 2.26. The van der Waals surface area contributed by atoms with Gasteiger partial charge in [-0.2, -0.15) is 0 Å². The fraction of sp³-hybridized carbons (Fsp3) is 0.636. The first-order valence-corrected chi connectivity index (χ1v) is 7.66. The molecular formula is C11H14BrF2O3S-. The van der Waals surface area contributed by atoms with Gasteiger partial charge >= 0.3 is 0 Å². The molecule has 0 aromatic heterocycles. The quantitative estimate of drug-likeness (QED) is 0.568. The van der Waals surface area contributed by atoms with Crippen LogP contribution in [0.5, 0.6) is 0 Å². The van der Waals surface area contributed by atoms with E-state index in [9.17, 15) is 21.8 Å². The van der Waals surface area contributed by atoms with Crippen LogP contribution in [0.4, 0.5) is 8.78 Å². The van der Waals surface area contributed by atoms with E-state index in [0.717, 1.165) is 0 Å². The molecule has 0 N–H and O–H groups in total. The average Bonchev–Trinajstić information content (AvgIpc) is 2.13. The average molecular weight is 344 g/mol. The third-order valence-electron chi connectivity index (χ3n) is 2.66. The molecule has 0 bridgehead atoms. The molecule has 0 saturated heterocycles. The summed E-state index contributed by atoms with van der Waals surface area (Å²) < 4.78 is 56.9. The monoisotopic (exact) mass is 343 g/mol. The van der Waals surface area contributed by atoms with Gasteiger partial charge in [-0.05, 0) is 32.3 Å². The van der Waals surface area contributed by atoms with Gasteiger partial charge in [0.2, 0.25) is 6.43 Å². The van der Waals surface area contributed by atoms with E-state index in [-0.39, 0.29) is 24.2 Å². The fourth-order valence-electron chi connectivity index (χ4n) is 1.87. The Morgan fingerprint density at radius 3 is 2.67 bits per heavy atom. The van der Waals surface area contributed by atoms with E-state index in [0.29, 0.717) is 12.0 Å². The van der Waals surface area contributed by atoms with Crippen molar-refractivity contribution in [3.05, 3.63) is 22.6 Å². The predicted molar refractivity (Wildman–Crippen MR) is 67.7 cm³/mol. The zero-order valence-electron chi connectivity index (χ0n) is 9.83. The molecule has 0 aliphatic heterocycles. The van der Waals surface area contributed by atoms with E-state index in [2.05, 4.69) is 15.9 Å². The van der Waals surface area contributed by atoms with Gasteiger partial charge in [-0.1, -0.05) is 27.6 Å². The maximum Gasteiger partial charge on any atom is 0.238 e. The zero-order chi connectivity index (χ0) is 14.0. The van der Waals surface area contributed by atoms with E-state index in [1.807, 2.05) is 6.92 Å². The molecule has 1 unspecified atom stereocenters. The lowest BCUT2D eigenvalue weighted by molar-refractivity contribution is 0.135. The topological polar surface area (TPSA) is 57.2 Å². The lowest BCUT2D eigenvalue weighted by Crippen LogP contribution is -2.20. The van der Waals surface area contributed by atoms with Crippen molar-refractivity contribution in [2.75, 3.05) is 0 Å². The minimum Gasteiger partial charge on any atom is -0.744 e. The zero-order valence-corrected chi connectivity index (χ0v) is 12.2. The number of hydrogen-bond acceptors (Lipinski definition) is 3. The minimum atomic E-state index is -4.54. The summed E-state index contributed by atoms with van der Waals surface area (Å²) >= 11 is 3.38. The molecule has 7 heteroatoms. The first-order valence-electron chi connectivity index (χ1n) is 5.46. The number of hydrogen-bond donors (Lipinski definition) is 0. The highest BCUT2D eigenvalue weighted by Crippen LogP contribution is 2.37. The summed E-state index contributed by atoms with van der Waals surface area (Å²) in [6.07, 6.45) is 0.858. The van der Waals surface area contributed by atoms with E-state index < -0.39 is 20.9 Å². The van der Waals surface area contributed by atoms with E-state index >= 15 is 0 Å². The molecule has 3 nitrogen and oxygen atoms in total. The highest BCUT2D eigenvalue weighted by atomic mass is 79.9. The van der Waals surface area contributed by atoms with Crippen molar-refractivity contribution in [2.24, 2.45) is 0 Å². The van der Waals surface area contributed by atoms with Crippen LogP contribution in [0.3, 0.4) is 0 Å². The third kappa shape index (κ3) is 4.78. The smallest absolute Gasteiger partial charge is 0.238 e. The fourth-order valence-corrected chi connectivity index (χ4v) is 3.11. The van der Waals surface area contributed by atoms with Crippen LogP contribution >= 0.6 is 15.9 Å². The highest BCUT2D eigenvalue weighted by molar-refractivity contribution is 9.10. The van der Waals surface area contributed by atoms with E-state index in [1.165, 1.54) is 6.08 Å². The van der Waals surface area contributed by atoms with E-state index in [1.54, 1.807) is 6.08 Å². The van der Waals surface area contributed by atoms with Gasteiger partial charge < -0.3 is 4.55 Å². The normalized spacial score (nSPS) is 25.0. The Balaban J connectivity index is 2.90. The second-order valence-corrected chi connectivity index (χ2v) is 7.65. The van der Waals surface area contributed by atoms with Crippen LogP contribution in [0.25, 0.3) is 0 Å². The summed E-state index contributed by atoms with van der Waals surface area (Å²) in [5.74, 6) is 0. The molecule has 0 radical (unpaired) electrons. The maximum absolute atomic E-state index is 12.1. The minimum absolute atomic E-state index is 0.170. The van der Waals surface area contributed by atoms with Crippen LogP contribution in [-0.4, -0.2) is 23.7 Å². The first-order chi connectivity index (χ1) is 8.12. The van der Waals surface area contributed by atoms with Crippen molar-refractivity contribution >= 4 is 26.0 Å². The van der Waals surface area contributed by atoms with Gasteiger partial charge in [-0.25, -0.2) is 17.2 Å². The van der Waals surface area contributed by atoms with Gasteiger partial charge in [0.25, 0.3) is 0 Å². The van der Waals surface area contributed by atoms with Gasteiger partial charge in [-0.15, -0.1) is 0 Å². The van der Waals surface area contributed by atoms with Crippen LogP contribution in [0, 0.1) is 0 Å². The summed E-state index contributed by atoms with van der Waals surface area (Å²) in [6.45, 7) is 1.82. The second-order valence-electron chi connectivity index (χ2n) is 4.49. The largest absolute Gasteiger partial charge is 0.744 e. The third-order valence-corrected chi connectivity index (χ3v) is 4.17. The van der Waals surface area contributed by atoms with Crippen LogP contribution in [0.2, 0.25) is 0 Å². The van der Waals surface area contributed by atoms with Crippen molar-refractivity contribution in [1.29, 1.82) is 0 Å². The van der Waals surface area contributed by atoms with Crippen LogP contribution in [0.1, 0.15) is 32.6 Å². The Morgan fingerprint density at radius 1 is 1.56 bits per heavy atom. The number of rotatable bonds is 5. The molecule has 0 fully saturated rings. The summed E-state index contributed by atoms with van der Waals surface area (Å²) in [6, 6.07) is 0. The molecule has 0 aromatic carbocycles. The Kier molecular flexibility index (Phi) is 5.08. The molecular weight excluding hydrogens is 330 g/mol. The Labute approximate surface area is 114 Å². The molecule has 0 spiro atoms. The van der Waals surface area contributed by atoms with Crippen LogP contribution < -0.4 is 0 Å². The van der Waals surface area contributed by atoms with E-state index in [4.69, 9.17) is 0 Å². The van der Waals surface area contributed by atoms with Gasteiger partial charge in [-0.3, -0.25) is 0 Å². The SMILES string of the molecule is CC1(Br)C=CC(S(=O)(=O)[O-])=C(CCCC(F)F)C1. The molecule has 1 rings (SSSR count). The maximum atomic E-state index is 12.1. The summed E-state index contributed by atoms with van der Waals surface area (Å²) in [5.41, 5.74) is 0.424. The summed E-state index contributed by atoms with van der Waals surface area (Å²) in [4.78, 5) is -0.270. The molecule has 1 aliphatic rings. The molecule has 1 atom stereocenters. The summed E-state index contributed by atoms with van der Waals surface area (Å²) in [7, 11) is -4.54. The van der Waals surface area contributed by atoms with Crippen LogP contribution in [0.15, 0.2) is 22.6 Å². The Hall–Kier alpha value is -0.270. The van der Waals surface area contributed by atoms with Crippen LogP contribution in [-0.2, 0) is 10.1 Å². The predicted octanol–water partition coefficient (Wildman–Crippen LogP) is 3.33. The molecule has 0 amide bonds. The van der Waals surface area contributed by atoms with Gasteiger partial charge in [0, 0.05) is 10.7 Å². The molecule has 0 saturated carbocycles. The number of halogens is 3. The Morgan fingerprint density at radius 2 is 2.17 bits per heavy atom. The second kappa shape index (κ2) is 5.79. The number of allylic oxidation sites excluding steroid dienone is 3. The molecule has 18 heavy (non-hydrogen) atoms. The van der Waals surface area contributed by atoms with Crippen molar-refractivity contribution in [3.63, 3.8) is 0 Å². The van der Waals surface area contributed by atoms with Crippen molar-refractivity contribution < 1.29 is 21.8 Å². The Bertz CT molecular complexity index is 467. The summed E-state index contributed by atoms with van der Waals surface area (Å²) in [5, 5.41) is 0. The van der Waals surface area contributed by atoms with Gasteiger partial charge in [0.1, 0.15) is 10.1 Å². The first kappa shape index (κ1) is 15.8. The van der Waals surface area contributed by atoms with Gasteiger partial charge in [0.15, 0.2) is 0 Å². The molecule has 0 aromatic rings. The molecule has 104 valence electrons. The van der Waals surface area contributed by atoms with Crippen molar-refractivity contribution in [2.45, 2.75) is 43.4 Å². The molecule has 0 heterocycles. The standard InChI is InChI=1S/C11H15BrF2O3S/c1-11(12)6-5-9(18(15,16)17)8(7-11)3-2-4-10(13)14/h5-6,10H,2-4,7H2,1H3,(H,15,16,17)/p-1. The van der Waals surface area contributed by atoms with Crippen molar-refractivity contribution in [3.8, 4) is 0 Å². The van der Waals surface area contributed by atoms with Crippen molar-refractivity contribution in [1.82, 2.24) is 0 Å². The van der Waals surface area contributed by atoms with Gasteiger partial charge in [0.05, 0.1) is 4.91 Å². The lowest BCUT2D eigenvalue weighted by atomic mass is 9.92. The number of alkyl halides is 3. The molecule has 1 aliphatic carbocycles.